The highest BCUT2D eigenvalue weighted by atomic mass is 19.4. The van der Waals surface area contributed by atoms with E-state index in [1.807, 2.05) is 6.07 Å². The quantitative estimate of drug-likeness (QED) is 0.674. The molecule has 3 rings (SSSR count). The largest absolute Gasteiger partial charge is 0.474 e. The molecule has 0 bridgehead atoms. The number of alkyl halides is 3. The second-order valence-corrected chi connectivity index (χ2v) is 6.97. The first-order valence-corrected chi connectivity index (χ1v) is 9.65. The van der Waals surface area contributed by atoms with Gasteiger partial charge in [0.1, 0.15) is 6.10 Å². The molecule has 162 valence electrons. The Bertz CT molecular complexity index is 808. The van der Waals surface area contributed by atoms with Crippen LogP contribution in [0.3, 0.4) is 0 Å². The molecule has 7 nitrogen and oxygen atoms in total. The molecule has 2 heterocycles. The van der Waals surface area contributed by atoms with Crippen molar-refractivity contribution in [3.8, 4) is 11.8 Å². The Balaban J connectivity index is 1.36. The van der Waals surface area contributed by atoms with Gasteiger partial charge in [0.15, 0.2) is 6.61 Å². The van der Waals surface area contributed by atoms with E-state index in [2.05, 4.69) is 25.3 Å². The zero-order valence-corrected chi connectivity index (χ0v) is 16.2. The molecule has 1 aliphatic carbocycles. The summed E-state index contributed by atoms with van der Waals surface area (Å²) in [4.78, 5) is 20.0. The smallest absolute Gasteiger partial charge is 0.422 e. The van der Waals surface area contributed by atoms with E-state index in [-0.39, 0.29) is 18.5 Å². The molecule has 0 radical (unpaired) electrons. The maximum absolute atomic E-state index is 12.1. The van der Waals surface area contributed by atoms with Crippen LogP contribution >= 0.6 is 0 Å². The van der Waals surface area contributed by atoms with E-state index in [1.165, 1.54) is 31.2 Å². The molecule has 1 fully saturated rings. The molecule has 1 saturated carbocycles. The van der Waals surface area contributed by atoms with E-state index in [0.717, 1.165) is 18.4 Å². The van der Waals surface area contributed by atoms with Crippen LogP contribution in [-0.2, 0) is 13.1 Å². The Kier molecular flexibility index (Phi) is 7.31. The van der Waals surface area contributed by atoms with Crippen LogP contribution in [0.15, 0.2) is 36.7 Å². The van der Waals surface area contributed by atoms with E-state index in [1.54, 1.807) is 12.3 Å². The minimum atomic E-state index is -4.42. The lowest BCUT2D eigenvalue weighted by molar-refractivity contribution is -0.154. The molecule has 0 aromatic carbocycles. The van der Waals surface area contributed by atoms with Crippen molar-refractivity contribution in [3.63, 3.8) is 0 Å². The maximum atomic E-state index is 12.1. The first kappa shape index (κ1) is 21.7. The first-order chi connectivity index (χ1) is 14.4. The van der Waals surface area contributed by atoms with Gasteiger partial charge >= 0.3 is 12.2 Å². The number of urea groups is 1. The lowest BCUT2D eigenvalue weighted by Crippen LogP contribution is -2.34. The summed E-state index contributed by atoms with van der Waals surface area (Å²) in [6.45, 7) is -0.932. The van der Waals surface area contributed by atoms with Crippen LogP contribution in [0.2, 0.25) is 0 Å². The number of halogens is 3. The van der Waals surface area contributed by atoms with Crippen LogP contribution in [0.4, 0.5) is 18.0 Å². The van der Waals surface area contributed by atoms with Crippen LogP contribution in [0.25, 0.3) is 0 Å². The second-order valence-electron chi connectivity index (χ2n) is 6.97. The monoisotopic (exact) mass is 424 g/mol. The van der Waals surface area contributed by atoms with Crippen LogP contribution in [0, 0.1) is 0 Å². The normalized spacial score (nSPS) is 14.4. The van der Waals surface area contributed by atoms with Crippen molar-refractivity contribution in [2.75, 3.05) is 6.61 Å². The number of nitrogens with one attached hydrogen (secondary N) is 2. The van der Waals surface area contributed by atoms with Crippen LogP contribution in [0.5, 0.6) is 11.8 Å². The highest BCUT2D eigenvalue weighted by Gasteiger charge is 2.28. The summed E-state index contributed by atoms with van der Waals surface area (Å²) >= 11 is 0. The van der Waals surface area contributed by atoms with Gasteiger partial charge in [0.2, 0.25) is 11.8 Å². The van der Waals surface area contributed by atoms with Gasteiger partial charge in [-0.1, -0.05) is 12.1 Å². The number of carbonyl (C=O) groups is 1. The van der Waals surface area contributed by atoms with E-state index >= 15 is 0 Å². The number of rotatable bonds is 8. The van der Waals surface area contributed by atoms with Crippen molar-refractivity contribution >= 4 is 6.03 Å². The summed E-state index contributed by atoms with van der Waals surface area (Å²) in [5.41, 5.74) is 1.45. The van der Waals surface area contributed by atoms with Crippen molar-refractivity contribution in [1.29, 1.82) is 0 Å². The fourth-order valence-electron chi connectivity index (χ4n) is 2.95. The molecule has 1 aliphatic rings. The van der Waals surface area contributed by atoms with Crippen LogP contribution in [0.1, 0.15) is 36.8 Å². The van der Waals surface area contributed by atoms with Gasteiger partial charge in [0.05, 0.1) is 0 Å². The number of aromatic nitrogens is 2. The Hall–Kier alpha value is -3.04. The summed E-state index contributed by atoms with van der Waals surface area (Å²) in [6, 6.07) is 6.11. The highest BCUT2D eigenvalue weighted by Crippen LogP contribution is 2.22. The van der Waals surface area contributed by atoms with Gasteiger partial charge in [-0.05, 0) is 36.8 Å². The summed E-state index contributed by atoms with van der Waals surface area (Å²) in [5.74, 6) is 0.457. The molecule has 2 aromatic heterocycles. The minimum absolute atomic E-state index is 0.131. The van der Waals surface area contributed by atoms with Gasteiger partial charge in [-0.3, -0.25) is 0 Å². The molecule has 10 heteroatoms. The lowest BCUT2D eigenvalue weighted by Gasteiger charge is -2.12. The number of carbonyl (C=O) groups excluding carboxylic acids is 1. The average molecular weight is 424 g/mol. The molecular formula is C20H23F3N4O3. The van der Waals surface area contributed by atoms with E-state index in [9.17, 15) is 18.0 Å². The van der Waals surface area contributed by atoms with Crippen LogP contribution in [-0.4, -0.2) is 34.9 Å². The van der Waals surface area contributed by atoms with Crippen molar-refractivity contribution in [2.24, 2.45) is 0 Å². The molecule has 2 N–H and O–H groups in total. The predicted molar refractivity (Wildman–Crippen MR) is 102 cm³/mol. The summed E-state index contributed by atoms with van der Waals surface area (Å²) in [6.07, 6.45) is 3.33. The molecule has 0 spiro atoms. The summed E-state index contributed by atoms with van der Waals surface area (Å²) in [5, 5.41) is 5.36. The van der Waals surface area contributed by atoms with Gasteiger partial charge in [0.25, 0.3) is 0 Å². The number of hydrogen-bond donors (Lipinski definition) is 2. The van der Waals surface area contributed by atoms with Crippen molar-refractivity contribution in [1.82, 2.24) is 20.6 Å². The van der Waals surface area contributed by atoms with Crippen LogP contribution < -0.4 is 20.1 Å². The molecule has 0 atom stereocenters. The van der Waals surface area contributed by atoms with Gasteiger partial charge in [0, 0.05) is 37.6 Å². The molecule has 0 unspecified atom stereocenters. The van der Waals surface area contributed by atoms with Gasteiger partial charge in [-0.2, -0.15) is 13.2 Å². The summed E-state index contributed by atoms with van der Waals surface area (Å²) < 4.78 is 46.7. The fourth-order valence-corrected chi connectivity index (χ4v) is 2.95. The zero-order chi connectivity index (χ0) is 21.4. The van der Waals surface area contributed by atoms with Crippen molar-refractivity contribution < 1.29 is 27.4 Å². The molecule has 0 saturated heterocycles. The third kappa shape index (κ3) is 7.41. The third-order valence-corrected chi connectivity index (χ3v) is 4.47. The number of ether oxygens (including phenoxy) is 2. The van der Waals surface area contributed by atoms with Gasteiger partial charge in [-0.15, -0.1) is 0 Å². The first-order valence-electron chi connectivity index (χ1n) is 9.65. The average Bonchev–Trinajstić information content (AvgIpc) is 3.23. The zero-order valence-electron chi connectivity index (χ0n) is 16.2. The molecule has 30 heavy (non-hydrogen) atoms. The highest BCUT2D eigenvalue weighted by molar-refractivity contribution is 5.73. The van der Waals surface area contributed by atoms with Crippen molar-refractivity contribution in [2.45, 2.75) is 51.1 Å². The standard InChI is InChI=1S/C20H23F3N4O3/c21-20(22,23)13-29-17-7-5-14(9-24-17)11-26-19(28)27-12-15-6-8-18(25-10-15)30-16-3-1-2-4-16/h5-10,16H,1-4,11-13H2,(H2,26,27,28). The molecule has 0 aliphatic heterocycles. The van der Waals surface area contributed by atoms with Gasteiger partial charge in [-0.25, -0.2) is 14.8 Å². The van der Waals surface area contributed by atoms with E-state index < -0.39 is 18.8 Å². The topological polar surface area (TPSA) is 85.4 Å². The Morgan fingerprint density at radius 1 is 0.967 bits per heavy atom. The van der Waals surface area contributed by atoms with Crippen molar-refractivity contribution in [3.05, 3.63) is 47.8 Å². The molecule has 2 amide bonds. The van der Waals surface area contributed by atoms with E-state index in [4.69, 9.17) is 4.74 Å². The fraction of sp³-hybridized carbons (Fsp3) is 0.450. The Labute approximate surface area is 172 Å². The number of hydrogen-bond acceptors (Lipinski definition) is 5. The SMILES string of the molecule is O=C(NCc1ccc(OCC(F)(F)F)nc1)NCc1ccc(OC2CCCC2)nc1. The van der Waals surface area contributed by atoms with E-state index in [0.29, 0.717) is 18.0 Å². The molecule has 2 aromatic rings. The number of amides is 2. The lowest BCUT2D eigenvalue weighted by atomic mass is 10.3. The maximum Gasteiger partial charge on any atom is 0.422 e. The minimum Gasteiger partial charge on any atom is -0.474 e. The molecular weight excluding hydrogens is 401 g/mol. The Morgan fingerprint density at radius 2 is 1.53 bits per heavy atom. The predicted octanol–water partition coefficient (Wildman–Crippen LogP) is 3.74. The Morgan fingerprint density at radius 3 is 2.03 bits per heavy atom. The third-order valence-electron chi connectivity index (χ3n) is 4.47. The number of nitrogens with zero attached hydrogens (tertiary/aromatic N) is 2. The van der Waals surface area contributed by atoms with Gasteiger partial charge < -0.3 is 20.1 Å². The number of pyridine rings is 2. The summed E-state index contributed by atoms with van der Waals surface area (Å²) in [7, 11) is 0. The second kappa shape index (κ2) is 10.1.